The Balaban J connectivity index is 1.69. The number of benzene rings is 1. The number of carboxylic acid groups (broad SMARTS) is 1. The standard InChI is InChI=1S/C16H19F2NO4/c17-16(18)5-7-19(6-4-12(16)8-14(20)21)9-11-2-1-3-13-15(11)23-10-22-13/h1-3,12H,4-10H2,(H,20,21). The molecule has 0 amide bonds. The van der Waals surface area contributed by atoms with E-state index in [2.05, 4.69) is 0 Å². The van der Waals surface area contributed by atoms with Gasteiger partial charge in [0.15, 0.2) is 11.5 Å². The number of nitrogens with zero attached hydrogens (tertiary/aromatic N) is 1. The van der Waals surface area contributed by atoms with Crippen molar-refractivity contribution in [3.63, 3.8) is 0 Å². The molecule has 0 saturated carbocycles. The Morgan fingerprint density at radius 3 is 2.96 bits per heavy atom. The average Bonchev–Trinajstić information content (AvgIpc) is 2.92. The molecule has 2 heterocycles. The number of carbonyl (C=O) groups is 1. The largest absolute Gasteiger partial charge is 0.481 e. The molecule has 1 aromatic rings. The fraction of sp³-hybridized carbons (Fsp3) is 0.562. The molecule has 2 aliphatic rings. The molecular weight excluding hydrogens is 308 g/mol. The summed E-state index contributed by atoms with van der Waals surface area (Å²) >= 11 is 0. The summed E-state index contributed by atoms with van der Waals surface area (Å²) in [6, 6.07) is 5.55. The zero-order valence-corrected chi connectivity index (χ0v) is 12.6. The van der Waals surface area contributed by atoms with Gasteiger partial charge >= 0.3 is 5.97 Å². The summed E-state index contributed by atoms with van der Waals surface area (Å²) in [5.41, 5.74) is 0.903. The average molecular weight is 327 g/mol. The number of aliphatic carboxylic acids is 1. The number of para-hydroxylation sites is 1. The first-order chi connectivity index (χ1) is 11.0. The number of fused-ring (bicyclic) bond motifs is 1. The normalized spacial score (nSPS) is 23.5. The summed E-state index contributed by atoms with van der Waals surface area (Å²) in [5, 5.41) is 8.82. The number of hydrogen-bond donors (Lipinski definition) is 1. The number of alkyl halides is 2. The molecule has 0 aliphatic carbocycles. The van der Waals surface area contributed by atoms with Crippen LogP contribution in [0.4, 0.5) is 8.78 Å². The SMILES string of the molecule is O=C(O)CC1CCN(Cc2cccc3c2OCO3)CCC1(F)F. The van der Waals surface area contributed by atoms with Crippen LogP contribution in [0.3, 0.4) is 0 Å². The van der Waals surface area contributed by atoms with Gasteiger partial charge in [0, 0.05) is 31.0 Å². The summed E-state index contributed by atoms with van der Waals surface area (Å²) in [4.78, 5) is 12.7. The molecule has 1 atom stereocenters. The van der Waals surface area contributed by atoms with Crippen LogP contribution in [0, 0.1) is 5.92 Å². The predicted molar refractivity (Wildman–Crippen MR) is 77.8 cm³/mol. The van der Waals surface area contributed by atoms with Crippen LogP contribution in [0.2, 0.25) is 0 Å². The van der Waals surface area contributed by atoms with Crippen LogP contribution in [-0.2, 0) is 11.3 Å². The summed E-state index contributed by atoms with van der Waals surface area (Å²) in [6.45, 7) is 1.33. The van der Waals surface area contributed by atoms with Gasteiger partial charge in [-0.05, 0) is 19.0 Å². The molecule has 5 nitrogen and oxygen atoms in total. The Hall–Kier alpha value is -1.89. The third kappa shape index (κ3) is 3.55. The molecule has 126 valence electrons. The molecule has 0 spiro atoms. The van der Waals surface area contributed by atoms with Crippen molar-refractivity contribution in [2.24, 2.45) is 5.92 Å². The van der Waals surface area contributed by atoms with Gasteiger partial charge in [-0.15, -0.1) is 0 Å². The minimum Gasteiger partial charge on any atom is -0.481 e. The van der Waals surface area contributed by atoms with Crippen LogP contribution >= 0.6 is 0 Å². The van der Waals surface area contributed by atoms with Gasteiger partial charge in [0.1, 0.15) is 0 Å². The van der Waals surface area contributed by atoms with Gasteiger partial charge in [-0.25, -0.2) is 8.78 Å². The van der Waals surface area contributed by atoms with E-state index in [1.54, 1.807) is 0 Å². The van der Waals surface area contributed by atoms with Crippen molar-refractivity contribution in [2.45, 2.75) is 31.7 Å². The van der Waals surface area contributed by atoms with Gasteiger partial charge in [0.05, 0.1) is 6.42 Å². The topological polar surface area (TPSA) is 59.0 Å². The Morgan fingerprint density at radius 1 is 1.35 bits per heavy atom. The highest BCUT2D eigenvalue weighted by Gasteiger charge is 2.42. The molecule has 23 heavy (non-hydrogen) atoms. The quantitative estimate of drug-likeness (QED) is 0.921. The monoisotopic (exact) mass is 327 g/mol. The number of likely N-dealkylation sites (tertiary alicyclic amines) is 1. The molecule has 1 aromatic carbocycles. The molecule has 0 bridgehead atoms. The van der Waals surface area contributed by atoms with Crippen molar-refractivity contribution in [1.82, 2.24) is 4.90 Å². The van der Waals surface area contributed by atoms with E-state index in [1.807, 2.05) is 23.1 Å². The van der Waals surface area contributed by atoms with Gasteiger partial charge in [0.2, 0.25) is 6.79 Å². The van der Waals surface area contributed by atoms with E-state index in [1.165, 1.54) is 0 Å². The van der Waals surface area contributed by atoms with Crippen LogP contribution < -0.4 is 9.47 Å². The van der Waals surface area contributed by atoms with E-state index < -0.39 is 24.2 Å². The lowest BCUT2D eigenvalue weighted by molar-refractivity contribution is -0.143. The lowest BCUT2D eigenvalue weighted by Crippen LogP contribution is -2.30. The van der Waals surface area contributed by atoms with E-state index in [9.17, 15) is 13.6 Å². The van der Waals surface area contributed by atoms with Gasteiger partial charge < -0.3 is 14.6 Å². The molecule has 1 unspecified atom stereocenters. The van der Waals surface area contributed by atoms with Crippen molar-refractivity contribution in [1.29, 1.82) is 0 Å². The maximum Gasteiger partial charge on any atom is 0.303 e. The molecule has 7 heteroatoms. The molecule has 0 aromatic heterocycles. The van der Waals surface area contributed by atoms with E-state index in [4.69, 9.17) is 14.6 Å². The van der Waals surface area contributed by atoms with Crippen molar-refractivity contribution in [2.75, 3.05) is 19.9 Å². The smallest absolute Gasteiger partial charge is 0.303 e. The number of halogens is 2. The van der Waals surface area contributed by atoms with Crippen LogP contribution in [0.15, 0.2) is 18.2 Å². The second-order valence-electron chi connectivity index (χ2n) is 6.02. The first-order valence-electron chi connectivity index (χ1n) is 7.65. The zero-order chi connectivity index (χ0) is 16.4. The summed E-state index contributed by atoms with van der Waals surface area (Å²) in [7, 11) is 0. The lowest BCUT2D eigenvalue weighted by atomic mass is 9.93. The maximum atomic E-state index is 14.1. The van der Waals surface area contributed by atoms with Crippen LogP contribution in [0.5, 0.6) is 11.5 Å². The van der Waals surface area contributed by atoms with E-state index in [0.717, 1.165) is 5.56 Å². The maximum absolute atomic E-state index is 14.1. The highest BCUT2D eigenvalue weighted by molar-refractivity contribution is 5.67. The van der Waals surface area contributed by atoms with Gasteiger partial charge in [-0.1, -0.05) is 12.1 Å². The number of carboxylic acids is 1. The lowest BCUT2D eigenvalue weighted by Gasteiger charge is -2.22. The fourth-order valence-corrected chi connectivity index (χ4v) is 3.15. The second kappa shape index (κ2) is 6.31. The number of rotatable bonds is 4. The van der Waals surface area contributed by atoms with E-state index in [0.29, 0.717) is 24.6 Å². The second-order valence-corrected chi connectivity index (χ2v) is 6.02. The fourth-order valence-electron chi connectivity index (χ4n) is 3.15. The van der Waals surface area contributed by atoms with Crippen molar-refractivity contribution in [3.05, 3.63) is 23.8 Å². The van der Waals surface area contributed by atoms with Gasteiger partial charge in [-0.3, -0.25) is 9.69 Å². The first-order valence-corrected chi connectivity index (χ1v) is 7.65. The first kappa shape index (κ1) is 16.0. The van der Waals surface area contributed by atoms with Crippen LogP contribution in [0.1, 0.15) is 24.8 Å². The van der Waals surface area contributed by atoms with E-state index in [-0.39, 0.29) is 26.2 Å². The molecule has 1 saturated heterocycles. The third-order valence-electron chi connectivity index (χ3n) is 4.45. The van der Waals surface area contributed by atoms with Gasteiger partial charge in [-0.2, -0.15) is 0 Å². The Labute approximate surface area is 132 Å². The van der Waals surface area contributed by atoms with Crippen molar-refractivity contribution < 1.29 is 28.2 Å². The Bertz CT molecular complexity index is 593. The summed E-state index contributed by atoms with van der Waals surface area (Å²) < 4.78 is 38.9. The third-order valence-corrected chi connectivity index (χ3v) is 4.45. The Morgan fingerprint density at radius 2 is 2.17 bits per heavy atom. The minimum absolute atomic E-state index is 0.172. The summed E-state index contributed by atoms with van der Waals surface area (Å²) in [5.74, 6) is -3.87. The zero-order valence-electron chi connectivity index (χ0n) is 12.6. The van der Waals surface area contributed by atoms with Crippen molar-refractivity contribution >= 4 is 5.97 Å². The molecule has 0 radical (unpaired) electrons. The van der Waals surface area contributed by atoms with E-state index >= 15 is 0 Å². The number of hydrogen-bond acceptors (Lipinski definition) is 4. The molecule has 3 rings (SSSR count). The molecule has 2 aliphatic heterocycles. The predicted octanol–water partition coefficient (Wildman–Crippen LogP) is 2.74. The molecular formula is C16H19F2NO4. The highest BCUT2D eigenvalue weighted by atomic mass is 19.3. The van der Waals surface area contributed by atoms with Crippen LogP contribution in [-0.4, -0.2) is 41.8 Å². The summed E-state index contributed by atoms with van der Waals surface area (Å²) in [6.07, 6.45) is -0.637. The van der Waals surface area contributed by atoms with Crippen molar-refractivity contribution in [3.8, 4) is 11.5 Å². The Kier molecular flexibility index (Phi) is 4.39. The minimum atomic E-state index is -2.94. The highest BCUT2D eigenvalue weighted by Crippen LogP contribution is 2.38. The van der Waals surface area contributed by atoms with Gasteiger partial charge in [0.25, 0.3) is 5.92 Å². The molecule has 1 fully saturated rings. The van der Waals surface area contributed by atoms with Crippen LogP contribution in [0.25, 0.3) is 0 Å². The molecule has 1 N–H and O–H groups in total. The number of ether oxygens (including phenoxy) is 2.